The highest BCUT2D eigenvalue weighted by atomic mass is 16.7. The topological polar surface area (TPSA) is 64.7 Å². The lowest BCUT2D eigenvalue weighted by atomic mass is 10.0. The average molecular weight is 161 g/mol. The van der Waals surface area contributed by atoms with Gasteiger partial charge in [-0.1, -0.05) is 0 Å². The van der Waals surface area contributed by atoms with Crippen molar-refractivity contribution in [1.82, 2.24) is 0 Å². The lowest BCUT2D eigenvalue weighted by Gasteiger charge is -2.40. The van der Waals surface area contributed by atoms with E-state index in [0.717, 1.165) is 0 Å². The van der Waals surface area contributed by atoms with Crippen molar-refractivity contribution >= 4 is 0 Å². The Balaban J connectivity index is 2.48. The minimum atomic E-state index is -0.713. The van der Waals surface area contributed by atoms with Gasteiger partial charge in [0.2, 0.25) is 0 Å². The van der Waals surface area contributed by atoms with Crippen molar-refractivity contribution in [3.8, 4) is 0 Å². The Morgan fingerprint density at radius 1 is 1.36 bits per heavy atom. The van der Waals surface area contributed by atoms with Gasteiger partial charge in [-0.2, -0.15) is 0 Å². The standard InChI is InChI=1S/C7H15NO3/c1-6(2)10-4-7(8,3-9)5-11-6/h9H,3-5,8H2,1-2H3. The zero-order chi connectivity index (χ0) is 8.54. The molecule has 4 nitrogen and oxygen atoms in total. The Morgan fingerprint density at radius 2 is 1.82 bits per heavy atom. The van der Waals surface area contributed by atoms with Crippen molar-refractivity contribution in [2.45, 2.75) is 25.2 Å². The van der Waals surface area contributed by atoms with Gasteiger partial charge < -0.3 is 20.3 Å². The van der Waals surface area contributed by atoms with E-state index in [-0.39, 0.29) is 6.61 Å². The molecule has 0 aliphatic carbocycles. The molecular formula is C7H15NO3. The molecule has 1 rings (SSSR count). The second-order valence-corrected chi connectivity index (χ2v) is 3.50. The predicted molar refractivity (Wildman–Crippen MR) is 40.0 cm³/mol. The van der Waals surface area contributed by atoms with E-state index >= 15 is 0 Å². The molecule has 0 aromatic rings. The molecule has 1 heterocycles. The molecule has 0 aromatic heterocycles. The molecule has 11 heavy (non-hydrogen) atoms. The average Bonchev–Trinajstić information content (AvgIpc) is 1.97. The third kappa shape index (κ3) is 2.13. The first-order chi connectivity index (χ1) is 4.97. The summed E-state index contributed by atoms with van der Waals surface area (Å²) in [5, 5.41) is 8.84. The fourth-order valence-corrected chi connectivity index (χ4v) is 0.810. The van der Waals surface area contributed by atoms with Crippen LogP contribution in [0, 0.1) is 0 Å². The predicted octanol–water partition coefficient (Wildman–Crippen LogP) is -0.541. The maximum Gasteiger partial charge on any atom is 0.162 e. The van der Waals surface area contributed by atoms with E-state index in [1.165, 1.54) is 0 Å². The van der Waals surface area contributed by atoms with Gasteiger partial charge in [0.15, 0.2) is 5.79 Å². The number of hydrogen-bond donors (Lipinski definition) is 2. The number of rotatable bonds is 1. The van der Waals surface area contributed by atoms with Gasteiger partial charge in [0.25, 0.3) is 0 Å². The van der Waals surface area contributed by atoms with Gasteiger partial charge >= 0.3 is 0 Å². The third-order valence-corrected chi connectivity index (χ3v) is 1.73. The summed E-state index contributed by atoms with van der Waals surface area (Å²) in [7, 11) is 0. The summed E-state index contributed by atoms with van der Waals surface area (Å²) in [5.74, 6) is -0.557. The number of nitrogens with two attached hydrogens (primary N) is 1. The van der Waals surface area contributed by atoms with E-state index in [1.807, 2.05) is 13.8 Å². The Bertz CT molecular complexity index is 137. The lowest BCUT2D eigenvalue weighted by Crippen LogP contribution is -2.59. The van der Waals surface area contributed by atoms with E-state index in [0.29, 0.717) is 13.2 Å². The second kappa shape index (κ2) is 2.71. The molecule has 0 saturated carbocycles. The van der Waals surface area contributed by atoms with Gasteiger partial charge in [-0.25, -0.2) is 0 Å². The molecule has 3 N–H and O–H groups in total. The number of aliphatic hydroxyl groups excluding tert-OH is 1. The van der Waals surface area contributed by atoms with Gasteiger partial charge in [-0.05, 0) is 13.8 Å². The first-order valence-electron chi connectivity index (χ1n) is 3.65. The Hall–Kier alpha value is -0.160. The molecule has 0 aromatic carbocycles. The van der Waals surface area contributed by atoms with E-state index in [2.05, 4.69) is 0 Å². The van der Waals surface area contributed by atoms with Gasteiger partial charge in [-0.3, -0.25) is 0 Å². The van der Waals surface area contributed by atoms with Crippen LogP contribution < -0.4 is 5.73 Å². The van der Waals surface area contributed by atoms with Crippen LogP contribution in [0.2, 0.25) is 0 Å². The molecule has 0 bridgehead atoms. The monoisotopic (exact) mass is 161 g/mol. The fourth-order valence-electron chi connectivity index (χ4n) is 0.810. The summed E-state index contributed by atoms with van der Waals surface area (Å²) < 4.78 is 10.5. The van der Waals surface area contributed by atoms with Crippen molar-refractivity contribution in [1.29, 1.82) is 0 Å². The number of hydrogen-bond acceptors (Lipinski definition) is 4. The van der Waals surface area contributed by atoms with Crippen LogP contribution in [0.3, 0.4) is 0 Å². The summed E-state index contributed by atoms with van der Waals surface area (Å²) in [6, 6.07) is 0. The highest BCUT2D eigenvalue weighted by molar-refractivity contribution is 4.87. The van der Waals surface area contributed by atoms with Gasteiger partial charge in [-0.15, -0.1) is 0 Å². The molecule has 1 aliphatic heterocycles. The summed E-state index contributed by atoms with van der Waals surface area (Å²) in [6.45, 7) is 4.23. The molecule has 0 amide bonds. The molecule has 1 fully saturated rings. The summed E-state index contributed by atoms with van der Waals surface area (Å²) in [5.41, 5.74) is 4.97. The first-order valence-corrected chi connectivity index (χ1v) is 3.65. The van der Waals surface area contributed by atoms with Crippen molar-refractivity contribution < 1.29 is 14.6 Å². The molecule has 66 valence electrons. The lowest BCUT2D eigenvalue weighted by molar-refractivity contribution is -0.270. The van der Waals surface area contributed by atoms with E-state index in [9.17, 15) is 0 Å². The Kier molecular flexibility index (Phi) is 2.20. The molecule has 0 unspecified atom stereocenters. The smallest absolute Gasteiger partial charge is 0.162 e. The van der Waals surface area contributed by atoms with Crippen molar-refractivity contribution in [3.05, 3.63) is 0 Å². The Morgan fingerprint density at radius 3 is 2.18 bits per heavy atom. The van der Waals surface area contributed by atoms with E-state index in [4.69, 9.17) is 20.3 Å². The molecule has 1 aliphatic rings. The van der Waals surface area contributed by atoms with Crippen molar-refractivity contribution in [2.75, 3.05) is 19.8 Å². The van der Waals surface area contributed by atoms with E-state index in [1.54, 1.807) is 0 Å². The van der Waals surface area contributed by atoms with Crippen LogP contribution in [0.15, 0.2) is 0 Å². The molecule has 1 saturated heterocycles. The third-order valence-electron chi connectivity index (χ3n) is 1.73. The summed E-state index contributed by atoms with van der Waals surface area (Å²) in [6.07, 6.45) is 0. The number of aliphatic hydroxyl groups is 1. The SMILES string of the molecule is CC1(C)OCC(N)(CO)CO1. The molecule has 4 heteroatoms. The molecule has 0 spiro atoms. The maximum atomic E-state index is 8.84. The highest BCUT2D eigenvalue weighted by Gasteiger charge is 2.36. The summed E-state index contributed by atoms with van der Waals surface area (Å²) in [4.78, 5) is 0. The minimum absolute atomic E-state index is 0.108. The largest absolute Gasteiger partial charge is 0.394 e. The van der Waals surface area contributed by atoms with Crippen LogP contribution in [0.25, 0.3) is 0 Å². The van der Waals surface area contributed by atoms with Crippen molar-refractivity contribution in [2.24, 2.45) is 5.73 Å². The highest BCUT2D eigenvalue weighted by Crippen LogP contribution is 2.21. The van der Waals surface area contributed by atoms with E-state index < -0.39 is 11.3 Å². The van der Waals surface area contributed by atoms with Crippen LogP contribution >= 0.6 is 0 Å². The minimum Gasteiger partial charge on any atom is -0.394 e. The Labute approximate surface area is 66.3 Å². The zero-order valence-corrected chi connectivity index (χ0v) is 6.96. The van der Waals surface area contributed by atoms with Crippen molar-refractivity contribution in [3.63, 3.8) is 0 Å². The van der Waals surface area contributed by atoms with Crippen LogP contribution in [0.5, 0.6) is 0 Å². The zero-order valence-electron chi connectivity index (χ0n) is 6.96. The van der Waals surface area contributed by atoms with Crippen LogP contribution in [0.4, 0.5) is 0 Å². The van der Waals surface area contributed by atoms with Gasteiger partial charge in [0.05, 0.1) is 25.4 Å². The first kappa shape index (κ1) is 8.93. The van der Waals surface area contributed by atoms with Crippen LogP contribution in [-0.2, 0) is 9.47 Å². The normalized spacial score (nSPS) is 28.4. The number of ether oxygens (including phenoxy) is 2. The van der Waals surface area contributed by atoms with Gasteiger partial charge in [0, 0.05) is 0 Å². The summed E-state index contributed by atoms with van der Waals surface area (Å²) >= 11 is 0. The second-order valence-electron chi connectivity index (χ2n) is 3.50. The fraction of sp³-hybridized carbons (Fsp3) is 1.00. The molecular weight excluding hydrogens is 146 g/mol. The maximum absolute atomic E-state index is 8.84. The van der Waals surface area contributed by atoms with Crippen LogP contribution in [0.1, 0.15) is 13.8 Å². The molecule has 0 radical (unpaired) electrons. The molecule has 0 atom stereocenters. The quantitative estimate of drug-likeness (QED) is 0.542. The van der Waals surface area contributed by atoms with Gasteiger partial charge in [0.1, 0.15) is 0 Å². The van der Waals surface area contributed by atoms with Crippen LogP contribution in [-0.4, -0.2) is 36.3 Å².